The molecule has 0 aromatic heterocycles. The van der Waals surface area contributed by atoms with Gasteiger partial charge < -0.3 is 15.0 Å². The molecule has 2 aliphatic rings. The Kier molecular flexibility index (Phi) is 7.54. The first-order valence-electron chi connectivity index (χ1n) is 11.3. The van der Waals surface area contributed by atoms with Crippen LogP contribution in [0.25, 0.3) is 0 Å². The van der Waals surface area contributed by atoms with Crippen LogP contribution in [0.3, 0.4) is 0 Å². The Morgan fingerprint density at radius 3 is 2.84 bits per heavy atom. The summed E-state index contributed by atoms with van der Waals surface area (Å²) in [6, 6.07) is 6.71. The van der Waals surface area contributed by atoms with Gasteiger partial charge in [0.1, 0.15) is 12.4 Å². The summed E-state index contributed by atoms with van der Waals surface area (Å²) >= 11 is 0. The standard InChI is InChI=1S/C26H33FN2O3/c1-5-19(24(30)12-8-11-23(6-2)29-13-14-32-25(29)31)15-20-17-26(4,28-18(20)3)21-9-7-10-22(27)16-21/h5,7,9-10,15-16,23,28H,1,6,8,11-14,17H2,2-4H3/b19-15+. The van der Waals surface area contributed by atoms with Gasteiger partial charge in [-0.25, -0.2) is 9.18 Å². The minimum Gasteiger partial charge on any atom is -0.448 e. The third kappa shape index (κ3) is 5.29. The molecule has 1 aromatic carbocycles. The van der Waals surface area contributed by atoms with E-state index in [1.54, 1.807) is 23.1 Å². The topological polar surface area (TPSA) is 58.6 Å². The molecule has 1 saturated heterocycles. The highest BCUT2D eigenvalue weighted by atomic mass is 19.1. The van der Waals surface area contributed by atoms with Crippen LogP contribution >= 0.6 is 0 Å². The van der Waals surface area contributed by atoms with Crippen LogP contribution in [0.5, 0.6) is 0 Å². The van der Waals surface area contributed by atoms with Gasteiger partial charge in [-0.1, -0.05) is 31.7 Å². The first-order valence-corrected chi connectivity index (χ1v) is 11.3. The number of halogens is 1. The molecule has 0 spiro atoms. The lowest BCUT2D eigenvalue weighted by atomic mass is 9.87. The maximum Gasteiger partial charge on any atom is 0.410 e. The molecular weight excluding hydrogens is 407 g/mol. The van der Waals surface area contributed by atoms with E-state index in [9.17, 15) is 14.0 Å². The van der Waals surface area contributed by atoms with Gasteiger partial charge in [0.05, 0.1) is 12.1 Å². The van der Waals surface area contributed by atoms with E-state index < -0.39 is 5.54 Å². The van der Waals surface area contributed by atoms with Gasteiger partial charge in [0.15, 0.2) is 5.78 Å². The van der Waals surface area contributed by atoms with E-state index in [2.05, 4.69) is 11.9 Å². The Hall–Kier alpha value is -2.89. The number of amides is 1. The van der Waals surface area contributed by atoms with Crippen LogP contribution in [0.1, 0.15) is 58.4 Å². The second-order valence-electron chi connectivity index (χ2n) is 8.78. The van der Waals surface area contributed by atoms with Gasteiger partial charge in [-0.3, -0.25) is 4.79 Å². The van der Waals surface area contributed by atoms with Crippen molar-refractivity contribution in [1.29, 1.82) is 0 Å². The van der Waals surface area contributed by atoms with E-state index in [1.807, 2.05) is 32.9 Å². The van der Waals surface area contributed by atoms with Gasteiger partial charge in [0.25, 0.3) is 0 Å². The van der Waals surface area contributed by atoms with Crippen molar-refractivity contribution < 1.29 is 18.7 Å². The lowest BCUT2D eigenvalue weighted by molar-refractivity contribution is -0.115. The molecule has 0 radical (unpaired) electrons. The van der Waals surface area contributed by atoms with E-state index in [0.29, 0.717) is 38.0 Å². The van der Waals surface area contributed by atoms with E-state index >= 15 is 0 Å². The minimum absolute atomic E-state index is 0.0403. The molecule has 1 fully saturated rings. The number of Topliss-reactive ketones (excluding diaryl/α,β-unsaturated/α-hetero) is 1. The van der Waals surface area contributed by atoms with Crippen molar-refractivity contribution in [2.24, 2.45) is 0 Å². The molecule has 2 atom stereocenters. The molecule has 3 rings (SSSR count). The number of nitrogens with one attached hydrogen (secondary N) is 1. The Morgan fingerprint density at radius 1 is 1.44 bits per heavy atom. The van der Waals surface area contributed by atoms with Crippen molar-refractivity contribution in [3.8, 4) is 0 Å². The number of carbonyl (C=O) groups is 2. The summed E-state index contributed by atoms with van der Waals surface area (Å²) in [5, 5.41) is 3.47. The van der Waals surface area contributed by atoms with Gasteiger partial charge in [-0.05, 0) is 62.5 Å². The van der Waals surface area contributed by atoms with Crippen molar-refractivity contribution in [1.82, 2.24) is 10.2 Å². The van der Waals surface area contributed by atoms with Crippen molar-refractivity contribution in [3.63, 3.8) is 0 Å². The maximum atomic E-state index is 13.7. The summed E-state index contributed by atoms with van der Waals surface area (Å²) < 4.78 is 18.8. The fraction of sp³-hybridized carbons (Fsp3) is 0.462. The van der Waals surface area contributed by atoms with Crippen LogP contribution in [-0.4, -0.2) is 36.0 Å². The van der Waals surface area contributed by atoms with Crippen molar-refractivity contribution >= 4 is 11.9 Å². The second kappa shape index (κ2) is 10.2. The zero-order valence-corrected chi connectivity index (χ0v) is 19.2. The summed E-state index contributed by atoms with van der Waals surface area (Å²) in [5.41, 5.74) is 3.02. The summed E-state index contributed by atoms with van der Waals surface area (Å²) in [4.78, 5) is 26.4. The van der Waals surface area contributed by atoms with Crippen molar-refractivity contribution in [3.05, 3.63) is 71.2 Å². The molecular formula is C26H33FN2O3. The fourth-order valence-electron chi connectivity index (χ4n) is 4.62. The smallest absolute Gasteiger partial charge is 0.410 e. The normalized spacial score (nSPS) is 22.1. The maximum absolute atomic E-state index is 13.7. The monoisotopic (exact) mass is 440 g/mol. The number of rotatable bonds is 10. The number of ether oxygens (including phenoxy) is 1. The molecule has 2 heterocycles. The Balaban J connectivity index is 1.62. The van der Waals surface area contributed by atoms with Crippen LogP contribution in [-0.2, 0) is 15.1 Å². The predicted octanol–water partition coefficient (Wildman–Crippen LogP) is 5.39. The number of allylic oxidation sites excluding steroid dienone is 4. The Labute approximate surface area is 190 Å². The molecule has 2 unspecified atom stereocenters. The molecule has 5 nitrogen and oxygen atoms in total. The average molecular weight is 441 g/mol. The molecule has 0 bridgehead atoms. The first-order chi connectivity index (χ1) is 15.3. The van der Waals surface area contributed by atoms with Crippen molar-refractivity contribution in [2.45, 2.75) is 64.5 Å². The molecule has 6 heteroatoms. The van der Waals surface area contributed by atoms with Crippen LogP contribution < -0.4 is 5.32 Å². The van der Waals surface area contributed by atoms with Crippen molar-refractivity contribution in [2.75, 3.05) is 13.2 Å². The van der Waals surface area contributed by atoms with E-state index in [-0.39, 0.29) is 23.7 Å². The van der Waals surface area contributed by atoms with E-state index in [4.69, 9.17) is 4.74 Å². The summed E-state index contributed by atoms with van der Waals surface area (Å²) in [6.45, 7) is 11.0. The number of hydrogen-bond donors (Lipinski definition) is 1. The quantitative estimate of drug-likeness (QED) is 0.391. The third-order valence-electron chi connectivity index (χ3n) is 6.47. The SMILES string of the molecule is C=C/C(=C\C1=C(C)NC(C)(c2cccc(F)c2)C1)C(=O)CCCC(CC)N1CCOC1=O. The highest BCUT2D eigenvalue weighted by molar-refractivity contribution is 5.98. The number of ketones is 1. The molecule has 1 aromatic rings. The first kappa shape index (κ1) is 23.8. The summed E-state index contributed by atoms with van der Waals surface area (Å²) in [6.07, 6.45) is 6.61. The van der Waals surface area contributed by atoms with Crippen LogP contribution in [0, 0.1) is 5.82 Å². The van der Waals surface area contributed by atoms with Gasteiger partial charge >= 0.3 is 6.09 Å². The Morgan fingerprint density at radius 2 is 2.22 bits per heavy atom. The molecule has 0 aliphatic carbocycles. The number of benzene rings is 1. The Bertz CT molecular complexity index is 952. The molecule has 2 aliphatic heterocycles. The van der Waals surface area contributed by atoms with E-state index in [1.165, 1.54) is 6.07 Å². The van der Waals surface area contributed by atoms with Gasteiger partial charge in [-0.2, -0.15) is 0 Å². The molecule has 172 valence electrons. The molecule has 32 heavy (non-hydrogen) atoms. The minimum atomic E-state index is -0.425. The van der Waals surface area contributed by atoms with Crippen LogP contribution in [0.4, 0.5) is 9.18 Å². The van der Waals surface area contributed by atoms with Crippen LogP contribution in [0.2, 0.25) is 0 Å². The number of cyclic esters (lactones) is 1. The van der Waals surface area contributed by atoms with E-state index in [0.717, 1.165) is 29.7 Å². The van der Waals surface area contributed by atoms with Gasteiger partial charge in [-0.15, -0.1) is 0 Å². The van der Waals surface area contributed by atoms with Gasteiger partial charge in [0.2, 0.25) is 0 Å². The fourth-order valence-corrected chi connectivity index (χ4v) is 4.62. The summed E-state index contributed by atoms with van der Waals surface area (Å²) in [7, 11) is 0. The summed E-state index contributed by atoms with van der Waals surface area (Å²) in [5.74, 6) is -0.222. The lowest BCUT2D eigenvalue weighted by Crippen LogP contribution is -2.35. The van der Waals surface area contributed by atoms with Gasteiger partial charge in [0, 0.05) is 30.2 Å². The predicted molar refractivity (Wildman–Crippen MR) is 123 cm³/mol. The molecule has 1 N–H and O–H groups in total. The zero-order valence-electron chi connectivity index (χ0n) is 19.2. The highest BCUT2D eigenvalue weighted by Crippen LogP contribution is 2.37. The lowest BCUT2D eigenvalue weighted by Gasteiger charge is -2.27. The molecule has 1 amide bonds. The largest absolute Gasteiger partial charge is 0.448 e. The second-order valence-corrected chi connectivity index (χ2v) is 8.78. The third-order valence-corrected chi connectivity index (χ3v) is 6.47. The average Bonchev–Trinajstić information content (AvgIpc) is 3.32. The van der Waals surface area contributed by atoms with Crippen LogP contribution in [0.15, 0.2) is 59.8 Å². The zero-order chi connectivity index (χ0) is 23.3. The number of hydrogen-bond acceptors (Lipinski definition) is 4. The number of carbonyl (C=O) groups excluding carboxylic acids is 2. The molecule has 0 saturated carbocycles. The number of nitrogens with zero attached hydrogens (tertiary/aromatic N) is 1. The highest BCUT2D eigenvalue weighted by Gasteiger charge is 2.34.